The smallest absolute Gasteiger partial charge is 0.256 e. The molecule has 0 spiro atoms. The quantitative estimate of drug-likeness (QED) is 0.917. The number of ether oxygens (including phenoxy) is 1. The Morgan fingerprint density at radius 2 is 2.15 bits per heavy atom. The molecule has 0 bridgehead atoms. The van der Waals surface area contributed by atoms with Crippen molar-refractivity contribution in [2.75, 3.05) is 13.2 Å². The van der Waals surface area contributed by atoms with Crippen LogP contribution in [-0.2, 0) is 11.3 Å². The Morgan fingerprint density at radius 3 is 2.70 bits per heavy atom. The summed E-state index contributed by atoms with van der Waals surface area (Å²) in [5.74, 6) is 0.450. The molecule has 1 aromatic carbocycles. The van der Waals surface area contributed by atoms with E-state index >= 15 is 0 Å². The molecule has 2 heterocycles. The van der Waals surface area contributed by atoms with Gasteiger partial charge in [0, 0.05) is 11.0 Å². The summed E-state index contributed by atoms with van der Waals surface area (Å²) >= 11 is 3.46. The molecular weight excluding hydrogens is 322 g/mol. The fourth-order valence-electron chi connectivity index (χ4n) is 3.44. The van der Waals surface area contributed by atoms with E-state index in [0.29, 0.717) is 25.7 Å². The highest BCUT2D eigenvalue weighted by atomic mass is 79.9. The van der Waals surface area contributed by atoms with E-state index in [9.17, 15) is 9.90 Å². The maximum Gasteiger partial charge on any atom is 0.256 e. The largest absolute Gasteiger partial charge is 0.383 e. The van der Waals surface area contributed by atoms with Crippen molar-refractivity contribution >= 4 is 21.8 Å². The number of fused-ring (bicyclic) bond motifs is 1. The van der Waals surface area contributed by atoms with E-state index in [-0.39, 0.29) is 11.9 Å². The number of carbonyl (C=O) groups is 1. The molecular formula is C15H16BrNO3. The van der Waals surface area contributed by atoms with E-state index in [1.807, 2.05) is 23.1 Å². The highest BCUT2D eigenvalue weighted by molar-refractivity contribution is 9.10. The molecule has 4 nitrogen and oxygen atoms in total. The summed E-state index contributed by atoms with van der Waals surface area (Å²) in [6.45, 7) is 1.28. The molecule has 0 unspecified atom stereocenters. The number of benzene rings is 1. The minimum Gasteiger partial charge on any atom is -0.383 e. The zero-order chi connectivity index (χ0) is 13.9. The van der Waals surface area contributed by atoms with Crippen LogP contribution in [0.5, 0.6) is 0 Å². The number of carbonyl (C=O) groups excluding carboxylic acids is 1. The van der Waals surface area contributed by atoms with Crippen molar-refractivity contribution in [2.24, 2.45) is 5.92 Å². The van der Waals surface area contributed by atoms with E-state index in [1.165, 1.54) is 0 Å². The van der Waals surface area contributed by atoms with E-state index in [4.69, 9.17) is 4.74 Å². The Bertz CT molecular complexity index is 580. The SMILES string of the molecule is O=C1c2c(Br)cccc2CN1[C@H](C1CC1)C1(O)COC1. The lowest BCUT2D eigenvalue weighted by atomic mass is 9.87. The molecule has 5 heteroatoms. The Labute approximate surface area is 125 Å². The Balaban J connectivity index is 1.70. The third-order valence-corrected chi connectivity index (χ3v) is 5.24. The van der Waals surface area contributed by atoms with Crippen LogP contribution in [0.1, 0.15) is 28.8 Å². The van der Waals surface area contributed by atoms with Crippen LogP contribution in [-0.4, -0.2) is 40.8 Å². The van der Waals surface area contributed by atoms with Crippen LogP contribution in [0.4, 0.5) is 0 Å². The van der Waals surface area contributed by atoms with Gasteiger partial charge in [0.15, 0.2) is 0 Å². The monoisotopic (exact) mass is 337 g/mol. The second-order valence-corrected chi connectivity index (χ2v) is 6.94. The molecule has 0 aromatic heterocycles. The van der Waals surface area contributed by atoms with Crippen LogP contribution < -0.4 is 0 Å². The first-order chi connectivity index (χ1) is 9.60. The maximum absolute atomic E-state index is 12.7. The van der Waals surface area contributed by atoms with Gasteiger partial charge >= 0.3 is 0 Å². The van der Waals surface area contributed by atoms with Crippen LogP contribution in [0, 0.1) is 5.92 Å². The zero-order valence-corrected chi connectivity index (χ0v) is 12.6. The standard InChI is InChI=1S/C15H16BrNO3/c16-11-3-1-2-10-6-17(14(18)12(10)11)13(9-4-5-9)15(19)7-20-8-15/h1-3,9,13,19H,4-8H2/t13-/m1/s1. The van der Waals surface area contributed by atoms with Gasteiger partial charge < -0.3 is 14.7 Å². The highest BCUT2D eigenvalue weighted by Gasteiger charge is 2.55. The lowest BCUT2D eigenvalue weighted by Gasteiger charge is -2.46. The van der Waals surface area contributed by atoms with Crippen molar-refractivity contribution in [3.8, 4) is 0 Å². The van der Waals surface area contributed by atoms with Gasteiger partial charge in [-0.05, 0) is 46.3 Å². The summed E-state index contributed by atoms with van der Waals surface area (Å²) in [6.07, 6.45) is 2.18. The van der Waals surface area contributed by atoms with Gasteiger partial charge in [0.05, 0.1) is 24.8 Å². The van der Waals surface area contributed by atoms with Gasteiger partial charge in [-0.15, -0.1) is 0 Å². The van der Waals surface area contributed by atoms with E-state index in [0.717, 1.165) is 28.4 Å². The molecule has 2 aliphatic heterocycles. The van der Waals surface area contributed by atoms with E-state index in [1.54, 1.807) is 0 Å². The van der Waals surface area contributed by atoms with Crippen molar-refractivity contribution in [3.05, 3.63) is 33.8 Å². The second-order valence-electron chi connectivity index (χ2n) is 6.09. The van der Waals surface area contributed by atoms with Crippen molar-refractivity contribution in [1.29, 1.82) is 0 Å². The van der Waals surface area contributed by atoms with Gasteiger partial charge in [-0.1, -0.05) is 12.1 Å². The molecule has 1 amide bonds. The number of amides is 1. The van der Waals surface area contributed by atoms with Gasteiger partial charge in [-0.25, -0.2) is 0 Å². The molecule has 1 saturated heterocycles. The molecule has 20 heavy (non-hydrogen) atoms. The average molecular weight is 338 g/mol. The molecule has 4 rings (SSSR count). The summed E-state index contributed by atoms with van der Waals surface area (Å²) in [4.78, 5) is 14.6. The Hall–Kier alpha value is -0.910. The Kier molecular flexibility index (Phi) is 2.75. The molecule has 0 radical (unpaired) electrons. The average Bonchev–Trinajstić information content (AvgIpc) is 3.14. The van der Waals surface area contributed by atoms with Crippen LogP contribution in [0.25, 0.3) is 0 Å². The second kappa shape index (κ2) is 4.29. The van der Waals surface area contributed by atoms with Crippen molar-refractivity contribution in [1.82, 2.24) is 4.90 Å². The normalized spacial score (nSPS) is 25.3. The number of halogens is 1. The summed E-state index contributed by atoms with van der Waals surface area (Å²) < 4.78 is 6.04. The number of nitrogens with zero attached hydrogens (tertiary/aromatic N) is 1. The highest BCUT2D eigenvalue weighted by Crippen LogP contribution is 2.45. The molecule has 1 aliphatic carbocycles. The van der Waals surface area contributed by atoms with Crippen molar-refractivity contribution in [2.45, 2.75) is 31.0 Å². The first kappa shape index (κ1) is 12.8. The first-order valence-electron chi connectivity index (χ1n) is 6.99. The lowest BCUT2D eigenvalue weighted by Crippen LogP contribution is -2.64. The third kappa shape index (κ3) is 1.76. The number of hydrogen-bond acceptors (Lipinski definition) is 3. The molecule has 106 valence electrons. The van der Waals surface area contributed by atoms with Crippen LogP contribution in [0.3, 0.4) is 0 Å². The molecule has 1 aromatic rings. The first-order valence-corrected chi connectivity index (χ1v) is 7.78. The third-order valence-electron chi connectivity index (χ3n) is 4.57. The number of hydrogen-bond donors (Lipinski definition) is 1. The van der Waals surface area contributed by atoms with Crippen LogP contribution >= 0.6 is 15.9 Å². The summed E-state index contributed by atoms with van der Waals surface area (Å²) in [5, 5.41) is 10.7. The van der Waals surface area contributed by atoms with Gasteiger partial charge in [0.1, 0.15) is 5.60 Å². The topological polar surface area (TPSA) is 49.8 Å². The maximum atomic E-state index is 12.7. The van der Waals surface area contributed by atoms with E-state index < -0.39 is 5.60 Å². The fourth-order valence-corrected chi connectivity index (χ4v) is 4.02. The van der Waals surface area contributed by atoms with Gasteiger partial charge in [0.2, 0.25) is 0 Å². The minimum atomic E-state index is -0.856. The lowest BCUT2D eigenvalue weighted by molar-refractivity contribution is -0.211. The van der Waals surface area contributed by atoms with Gasteiger partial charge in [-0.3, -0.25) is 4.79 Å². The predicted molar refractivity (Wildman–Crippen MR) is 76.3 cm³/mol. The van der Waals surface area contributed by atoms with Crippen LogP contribution in [0.15, 0.2) is 22.7 Å². The van der Waals surface area contributed by atoms with Gasteiger partial charge in [0.25, 0.3) is 5.91 Å². The molecule has 1 saturated carbocycles. The molecule has 1 N–H and O–H groups in total. The molecule has 1 atom stereocenters. The summed E-state index contributed by atoms with van der Waals surface area (Å²) in [5.41, 5.74) is 0.937. The fraction of sp³-hybridized carbons (Fsp3) is 0.533. The van der Waals surface area contributed by atoms with Gasteiger partial charge in [-0.2, -0.15) is 0 Å². The molecule has 2 fully saturated rings. The summed E-state index contributed by atoms with van der Waals surface area (Å²) in [7, 11) is 0. The van der Waals surface area contributed by atoms with Crippen LogP contribution in [0.2, 0.25) is 0 Å². The van der Waals surface area contributed by atoms with Crippen molar-refractivity contribution < 1.29 is 14.6 Å². The summed E-state index contributed by atoms with van der Waals surface area (Å²) in [6, 6.07) is 5.73. The Morgan fingerprint density at radius 1 is 1.40 bits per heavy atom. The molecule has 3 aliphatic rings. The minimum absolute atomic E-state index is 0.0321. The zero-order valence-electron chi connectivity index (χ0n) is 11.0. The van der Waals surface area contributed by atoms with Crippen molar-refractivity contribution in [3.63, 3.8) is 0 Å². The number of rotatable bonds is 3. The van der Waals surface area contributed by atoms with E-state index in [2.05, 4.69) is 15.9 Å². The predicted octanol–water partition coefficient (Wildman–Crippen LogP) is 1.94. The number of aliphatic hydroxyl groups is 1.